The number of hydrogen-bond acceptors (Lipinski definition) is 3. The zero-order valence-electron chi connectivity index (χ0n) is 12.0. The van der Waals surface area contributed by atoms with Crippen LogP contribution in [0.15, 0.2) is 12.1 Å². The maximum Gasteiger partial charge on any atom is 0.255 e. The van der Waals surface area contributed by atoms with E-state index in [1.54, 1.807) is 0 Å². The van der Waals surface area contributed by atoms with Crippen molar-refractivity contribution in [1.82, 2.24) is 5.32 Å². The van der Waals surface area contributed by atoms with Crippen molar-refractivity contribution in [3.63, 3.8) is 0 Å². The predicted octanol–water partition coefficient (Wildman–Crippen LogP) is 2.47. The van der Waals surface area contributed by atoms with Crippen molar-refractivity contribution >= 4 is 11.6 Å². The fourth-order valence-electron chi connectivity index (χ4n) is 1.97. The fraction of sp³-hybridized carbons (Fsp3) is 0.533. The molecule has 0 radical (unpaired) electrons. The zero-order chi connectivity index (χ0) is 14.2. The number of hydrogen-bond donors (Lipinski definition) is 2. The van der Waals surface area contributed by atoms with Gasteiger partial charge in [-0.05, 0) is 36.0 Å². The summed E-state index contributed by atoms with van der Waals surface area (Å²) in [6, 6.07) is 4.08. The Morgan fingerprint density at radius 2 is 2.00 bits per heavy atom. The lowest BCUT2D eigenvalue weighted by Gasteiger charge is -2.22. The van der Waals surface area contributed by atoms with Gasteiger partial charge in [-0.1, -0.05) is 20.8 Å². The van der Waals surface area contributed by atoms with Crippen LogP contribution in [0.4, 0.5) is 5.69 Å². The van der Waals surface area contributed by atoms with Gasteiger partial charge in [0.25, 0.3) is 5.91 Å². The minimum absolute atomic E-state index is 0.0605. The Hall–Kier alpha value is -1.71. The van der Waals surface area contributed by atoms with Crippen LogP contribution in [-0.4, -0.2) is 19.1 Å². The van der Waals surface area contributed by atoms with Crippen LogP contribution in [0.1, 0.15) is 49.5 Å². The molecule has 1 fully saturated rings. The number of anilines is 1. The number of rotatable bonds is 3. The van der Waals surface area contributed by atoms with Crippen molar-refractivity contribution in [1.29, 1.82) is 0 Å². The second kappa shape index (κ2) is 4.76. The van der Waals surface area contributed by atoms with Gasteiger partial charge in [-0.3, -0.25) is 4.79 Å². The van der Waals surface area contributed by atoms with Crippen molar-refractivity contribution in [3.05, 3.63) is 23.3 Å². The van der Waals surface area contributed by atoms with Crippen LogP contribution in [-0.2, 0) is 5.41 Å². The molecule has 1 saturated carbocycles. The molecule has 1 aromatic carbocycles. The number of nitrogens with two attached hydrogens (primary N) is 1. The maximum atomic E-state index is 12.3. The van der Waals surface area contributed by atoms with Crippen LogP contribution in [0.5, 0.6) is 5.75 Å². The van der Waals surface area contributed by atoms with Gasteiger partial charge >= 0.3 is 0 Å². The molecule has 0 saturated heterocycles. The van der Waals surface area contributed by atoms with E-state index in [-0.39, 0.29) is 11.3 Å². The highest BCUT2D eigenvalue weighted by atomic mass is 16.5. The highest BCUT2D eigenvalue weighted by molar-refractivity contribution is 5.99. The van der Waals surface area contributed by atoms with Crippen molar-refractivity contribution in [3.8, 4) is 5.75 Å². The van der Waals surface area contributed by atoms with E-state index in [1.807, 2.05) is 12.1 Å². The summed E-state index contributed by atoms with van der Waals surface area (Å²) in [5, 5.41) is 2.98. The molecule has 4 nitrogen and oxygen atoms in total. The standard InChI is InChI=1S/C15H22N2O2/c1-15(2,3)9-7-11(13(19-4)12(16)8-9)14(18)17-10-5-6-10/h7-8,10H,5-6,16H2,1-4H3,(H,17,18). The first-order valence-electron chi connectivity index (χ1n) is 6.62. The molecule has 19 heavy (non-hydrogen) atoms. The quantitative estimate of drug-likeness (QED) is 0.822. The van der Waals surface area contributed by atoms with E-state index in [0.717, 1.165) is 18.4 Å². The second-order valence-electron chi connectivity index (χ2n) is 6.14. The Kier molecular flexibility index (Phi) is 3.43. The molecule has 0 bridgehead atoms. The Morgan fingerprint density at radius 3 is 2.47 bits per heavy atom. The summed E-state index contributed by atoms with van der Waals surface area (Å²) in [5.41, 5.74) is 8.02. The summed E-state index contributed by atoms with van der Waals surface area (Å²) >= 11 is 0. The van der Waals surface area contributed by atoms with Gasteiger partial charge in [0.1, 0.15) is 0 Å². The van der Waals surface area contributed by atoms with Crippen LogP contribution in [0.2, 0.25) is 0 Å². The minimum atomic E-state index is -0.0999. The number of amides is 1. The lowest BCUT2D eigenvalue weighted by Crippen LogP contribution is -2.26. The molecule has 0 unspecified atom stereocenters. The summed E-state index contributed by atoms with van der Waals surface area (Å²) in [7, 11) is 1.54. The van der Waals surface area contributed by atoms with Gasteiger partial charge in [-0.2, -0.15) is 0 Å². The monoisotopic (exact) mass is 262 g/mol. The van der Waals surface area contributed by atoms with Crippen molar-refractivity contribution in [2.24, 2.45) is 0 Å². The smallest absolute Gasteiger partial charge is 0.255 e. The summed E-state index contributed by atoms with van der Waals surface area (Å²) in [4.78, 5) is 12.3. The number of ether oxygens (including phenoxy) is 1. The summed E-state index contributed by atoms with van der Waals surface area (Å²) < 4.78 is 5.28. The lowest BCUT2D eigenvalue weighted by molar-refractivity contribution is 0.0948. The molecule has 3 N–H and O–H groups in total. The average Bonchev–Trinajstić information content (AvgIpc) is 3.10. The molecule has 1 amide bonds. The molecule has 1 aliphatic carbocycles. The van der Waals surface area contributed by atoms with Crippen molar-refractivity contribution in [2.45, 2.75) is 45.1 Å². The zero-order valence-corrected chi connectivity index (χ0v) is 12.0. The Morgan fingerprint density at radius 1 is 1.37 bits per heavy atom. The van der Waals surface area contributed by atoms with E-state index in [2.05, 4.69) is 26.1 Å². The third-order valence-electron chi connectivity index (χ3n) is 3.35. The molecule has 0 atom stereocenters. The molecule has 0 aromatic heterocycles. The van der Waals surface area contributed by atoms with Crippen LogP contribution < -0.4 is 15.8 Å². The normalized spacial score (nSPS) is 15.2. The first-order chi connectivity index (χ1) is 8.82. The summed E-state index contributed by atoms with van der Waals surface area (Å²) in [5.74, 6) is 0.364. The topological polar surface area (TPSA) is 64.3 Å². The van der Waals surface area contributed by atoms with Crippen LogP contribution >= 0.6 is 0 Å². The third kappa shape index (κ3) is 3.00. The SMILES string of the molecule is COc1c(N)cc(C(C)(C)C)cc1C(=O)NC1CC1. The van der Waals surface area contributed by atoms with Gasteiger partial charge in [0.15, 0.2) is 5.75 Å². The fourth-order valence-corrected chi connectivity index (χ4v) is 1.97. The van der Waals surface area contributed by atoms with E-state index >= 15 is 0 Å². The van der Waals surface area contributed by atoms with Crippen molar-refractivity contribution < 1.29 is 9.53 Å². The van der Waals surface area contributed by atoms with Crippen LogP contribution in [0.3, 0.4) is 0 Å². The van der Waals surface area contributed by atoms with E-state index < -0.39 is 0 Å². The number of benzene rings is 1. The van der Waals surface area contributed by atoms with E-state index in [0.29, 0.717) is 23.0 Å². The molecular weight excluding hydrogens is 240 g/mol. The Labute approximate surface area is 114 Å². The number of methoxy groups -OCH3 is 1. The summed E-state index contributed by atoms with van der Waals surface area (Å²) in [6.45, 7) is 6.28. The number of carbonyl (C=O) groups is 1. The molecule has 104 valence electrons. The van der Waals surface area contributed by atoms with E-state index in [4.69, 9.17) is 10.5 Å². The minimum Gasteiger partial charge on any atom is -0.494 e. The molecule has 0 spiro atoms. The van der Waals surface area contributed by atoms with Gasteiger partial charge in [0.05, 0.1) is 18.4 Å². The largest absolute Gasteiger partial charge is 0.494 e. The Balaban J connectivity index is 2.42. The Bertz CT molecular complexity index is 500. The predicted molar refractivity (Wildman–Crippen MR) is 76.6 cm³/mol. The average molecular weight is 262 g/mol. The first-order valence-corrected chi connectivity index (χ1v) is 6.62. The maximum absolute atomic E-state index is 12.3. The second-order valence-corrected chi connectivity index (χ2v) is 6.14. The van der Waals surface area contributed by atoms with Gasteiger partial charge in [0, 0.05) is 6.04 Å². The van der Waals surface area contributed by atoms with Gasteiger partial charge < -0.3 is 15.8 Å². The van der Waals surface area contributed by atoms with Gasteiger partial charge in [-0.25, -0.2) is 0 Å². The number of nitrogen functional groups attached to an aromatic ring is 1. The molecule has 1 aliphatic rings. The summed E-state index contributed by atoms with van der Waals surface area (Å²) in [6.07, 6.45) is 2.12. The molecule has 1 aromatic rings. The van der Waals surface area contributed by atoms with E-state index in [1.165, 1.54) is 7.11 Å². The van der Waals surface area contributed by atoms with Gasteiger partial charge in [0.2, 0.25) is 0 Å². The molecule has 2 rings (SSSR count). The lowest BCUT2D eigenvalue weighted by atomic mass is 9.85. The molecule has 0 aliphatic heterocycles. The number of nitrogens with one attached hydrogen (secondary N) is 1. The molecule has 0 heterocycles. The third-order valence-corrected chi connectivity index (χ3v) is 3.35. The van der Waals surface area contributed by atoms with Crippen LogP contribution in [0, 0.1) is 0 Å². The van der Waals surface area contributed by atoms with Gasteiger partial charge in [-0.15, -0.1) is 0 Å². The molecule has 4 heteroatoms. The first kappa shape index (κ1) is 13.7. The van der Waals surface area contributed by atoms with E-state index in [9.17, 15) is 4.79 Å². The molecular formula is C15H22N2O2. The van der Waals surface area contributed by atoms with Crippen molar-refractivity contribution in [2.75, 3.05) is 12.8 Å². The number of carbonyl (C=O) groups excluding carboxylic acids is 1. The highest BCUT2D eigenvalue weighted by Crippen LogP contribution is 2.34. The highest BCUT2D eigenvalue weighted by Gasteiger charge is 2.27. The van der Waals surface area contributed by atoms with Crippen LogP contribution in [0.25, 0.3) is 0 Å².